The summed E-state index contributed by atoms with van der Waals surface area (Å²) >= 11 is 7.15. The number of hydrogen-bond acceptors (Lipinski definition) is 4. The Morgan fingerprint density at radius 2 is 1.91 bits per heavy atom. The molecule has 0 aliphatic carbocycles. The van der Waals surface area contributed by atoms with E-state index in [1.165, 1.54) is 11.8 Å². The fraction of sp³-hybridized carbons (Fsp3) is 0.133. The lowest BCUT2D eigenvalue weighted by Gasteiger charge is -2.09. The highest BCUT2D eigenvalue weighted by Gasteiger charge is 2.12. The lowest BCUT2D eigenvalue weighted by molar-refractivity contribution is -0.113. The van der Waals surface area contributed by atoms with Crippen molar-refractivity contribution in [3.05, 3.63) is 59.6 Å². The van der Waals surface area contributed by atoms with Gasteiger partial charge in [-0.2, -0.15) is 0 Å². The normalized spacial score (nSPS) is 10.7. The SMILES string of the molecule is Cc1nnc(SCC(=O)Nc2ccc(Cl)cc2)n1-n1cccc1. The number of carbonyl (C=O) groups is 1. The van der Waals surface area contributed by atoms with E-state index in [4.69, 9.17) is 11.6 Å². The van der Waals surface area contributed by atoms with E-state index >= 15 is 0 Å². The zero-order valence-electron chi connectivity index (χ0n) is 12.3. The van der Waals surface area contributed by atoms with Crippen molar-refractivity contribution in [3.63, 3.8) is 0 Å². The molecule has 0 aliphatic heterocycles. The minimum absolute atomic E-state index is 0.114. The van der Waals surface area contributed by atoms with Crippen LogP contribution in [0.3, 0.4) is 0 Å². The molecule has 1 amide bonds. The predicted molar refractivity (Wildman–Crippen MR) is 90.8 cm³/mol. The Labute approximate surface area is 142 Å². The summed E-state index contributed by atoms with van der Waals surface area (Å²) in [6.07, 6.45) is 3.79. The van der Waals surface area contributed by atoms with Crippen LogP contribution in [0, 0.1) is 6.92 Å². The fourth-order valence-corrected chi connectivity index (χ4v) is 2.92. The molecule has 3 rings (SSSR count). The number of nitrogens with zero attached hydrogens (tertiary/aromatic N) is 4. The van der Waals surface area contributed by atoms with Crippen LogP contribution in [0.5, 0.6) is 0 Å². The lowest BCUT2D eigenvalue weighted by atomic mass is 10.3. The van der Waals surface area contributed by atoms with Gasteiger partial charge in [0.15, 0.2) is 5.82 Å². The number of thioether (sulfide) groups is 1. The maximum atomic E-state index is 12.0. The molecule has 0 saturated carbocycles. The highest BCUT2D eigenvalue weighted by molar-refractivity contribution is 7.99. The van der Waals surface area contributed by atoms with Gasteiger partial charge in [-0.25, -0.2) is 4.68 Å². The molecule has 3 aromatic rings. The fourth-order valence-electron chi connectivity index (χ4n) is 2.01. The van der Waals surface area contributed by atoms with Gasteiger partial charge >= 0.3 is 0 Å². The van der Waals surface area contributed by atoms with E-state index in [-0.39, 0.29) is 11.7 Å². The van der Waals surface area contributed by atoms with Crippen molar-refractivity contribution in [2.24, 2.45) is 0 Å². The van der Waals surface area contributed by atoms with Crippen LogP contribution in [0.15, 0.2) is 53.9 Å². The molecule has 0 radical (unpaired) electrons. The summed E-state index contributed by atoms with van der Waals surface area (Å²) in [4.78, 5) is 12.0. The van der Waals surface area contributed by atoms with Crippen molar-refractivity contribution in [3.8, 4) is 0 Å². The van der Waals surface area contributed by atoms with Gasteiger partial charge in [0.05, 0.1) is 5.75 Å². The quantitative estimate of drug-likeness (QED) is 0.720. The van der Waals surface area contributed by atoms with Gasteiger partial charge < -0.3 is 5.32 Å². The second-order valence-electron chi connectivity index (χ2n) is 4.75. The molecule has 0 atom stereocenters. The standard InChI is InChI=1S/C15H14ClN5OS/c1-11-18-19-15(21(11)20-8-2-3-9-20)23-10-14(22)17-13-6-4-12(16)5-7-13/h2-9H,10H2,1H3,(H,17,22). The Kier molecular flexibility index (Phi) is 4.68. The molecule has 2 aromatic heterocycles. The van der Waals surface area contributed by atoms with Gasteiger partial charge in [0.25, 0.3) is 0 Å². The largest absolute Gasteiger partial charge is 0.325 e. The molecule has 6 nitrogen and oxygen atoms in total. The van der Waals surface area contributed by atoms with Gasteiger partial charge in [0.1, 0.15) is 0 Å². The van der Waals surface area contributed by atoms with Crippen molar-refractivity contribution >= 4 is 35.0 Å². The number of rotatable bonds is 5. The summed E-state index contributed by atoms with van der Waals surface area (Å²) in [6, 6.07) is 10.8. The molecule has 8 heteroatoms. The zero-order valence-corrected chi connectivity index (χ0v) is 13.9. The van der Waals surface area contributed by atoms with Crippen LogP contribution < -0.4 is 5.32 Å². The first-order valence-corrected chi connectivity index (χ1v) is 8.24. The third-order valence-corrected chi connectivity index (χ3v) is 4.22. The van der Waals surface area contributed by atoms with Crippen molar-refractivity contribution in [1.82, 2.24) is 19.5 Å². The first kappa shape index (κ1) is 15.6. The second-order valence-corrected chi connectivity index (χ2v) is 6.13. The van der Waals surface area contributed by atoms with Crippen LogP contribution >= 0.6 is 23.4 Å². The van der Waals surface area contributed by atoms with Crippen LogP contribution in [0.4, 0.5) is 5.69 Å². The number of nitrogens with one attached hydrogen (secondary N) is 1. The Hall–Kier alpha value is -2.25. The first-order chi connectivity index (χ1) is 11.1. The minimum atomic E-state index is -0.114. The Morgan fingerprint density at radius 1 is 1.22 bits per heavy atom. The van der Waals surface area contributed by atoms with Gasteiger partial charge in [0, 0.05) is 23.1 Å². The number of anilines is 1. The van der Waals surface area contributed by atoms with Crippen molar-refractivity contribution in [2.75, 3.05) is 11.1 Å². The highest BCUT2D eigenvalue weighted by atomic mass is 35.5. The second kappa shape index (κ2) is 6.89. The van der Waals surface area contributed by atoms with Crippen LogP contribution in [-0.2, 0) is 4.79 Å². The van der Waals surface area contributed by atoms with Gasteiger partial charge in [-0.05, 0) is 43.3 Å². The van der Waals surface area contributed by atoms with Crippen LogP contribution in [0.25, 0.3) is 0 Å². The summed E-state index contributed by atoms with van der Waals surface area (Å²) in [5.74, 6) is 0.876. The van der Waals surface area contributed by atoms with Gasteiger partial charge in [-0.1, -0.05) is 23.4 Å². The number of hydrogen-bond donors (Lipinski definition) is 1. The number of aromatic nitrogens is 4. The van der Waals surface area contributed by atoms with Gasteiger partial charge in [-0.3, -0.25) is 9.47 Å². The number of carbonyl (C=O) groups excluding carboxylic acids is 1. The molecule has 0 unspecified atom stereocenters. The molecule has 118 valence electrons. The smallest absolute Gasteiger partial charge is 0.234 e. The molecule has 0 aliphatic rings. The molecule has 0 spiro atoms. The molecule has 23 heavy (non-hydrogen) atoms. The van der Waals surface area contributed by atoms with Crippen molar-refractivity contribution in [1.29, 1.82) is 0 Å². The molecule has 0 saturated heterocycles. The number of amides is 1. The Bertz CT molecular complexity index is 798. The molecule has 2 heterocycles. The highest BCUT2D eigenvalue weighted by Crippen LogP contribution is 2.18. The van der Waals surface area contributed by atoms with Crippen molar-refractivity contribution < 1.29 is 4.79 Å². The van der Waals surface area contributed by atoms with Gasteiger partial charge in [0.2, 0.25) is 11.1 Å². The monoisotopic (exact) mass is 347 g/mol. The maximum absolute atomic E-state index is 12.0. The average Bonchev–Trinajstić information content (AvgIpc) is 3.17. The maximum Gasteiger partial charge on any atom is 0.234 e. The van der Waals surface area contributed by atoms with E-state index in [0.717, 1.165) is 5.82 Å². The topological polar surface area (TPSA) is 64.7 Å². The predicted octanol–water partition coefficient (Wildman–Crippen LogP) is 3.08. The molecule has 1 N–H and O–H groups in total. The molecule has 0 fully saturated rings. The number of benzene rings is 1. The van der Waals surface area contributed by atoms with Crippen LogP contribution in [0.1, 0.15) is 5.82 Å². The number of aryl methyl sites for hydroxylation is 1. The summed E-state index contributed by atoms with van der Waals surface area (Å²) in [5.41, 5.74) is 0.711. The van der Waals surface area contributed by atoms with Gasteiger partial charge in [-0.15, -0.1) is 10.2 Å². The third kappa shape index (κ3) is 3.75. The van der Waals surface area contributed by atoms with E-state index in [1.807, 2.05) is 40.8 Å². The van der Waals surface area contributed by atoms with E-state index in [2.05, 4.69) is 15.5 Å². The van der Waals surface area contributed by atoms with Crippen LogP contribution in [0.2, 0.25) is 5.02 Å². The molecule has 1 aromatic carbocycles. The molecular weight excluding hydrogens is 334 g/mol. The van der Waals surface area contributed by atoms with Crippen molar-refractivity contribution in [2.45, 2.75) is 12.1 Å². The lowest BCUT2D eigenvalue weighted by Crippen LogP contribution is -2.15. The van der Waals surface area contributed by atoms with E-state index in [1.54, 1.807) is 24.3 Å². The summed E-state index contributed by atoms with van der Waals surface area (Å²) in [6.45, 7) is 1.87. The Morgan fingerprint density at radius 3 is 2.61 bits per heavy atom. The Balaban J connectivity index is 1.65. The van der Waals surface area contributed by atoms with E-state index in [9.17, 15) is 4.79 Å². The van der Waals surface area contributed by atoms with E-state index < -0.39 is 0 Å². The molecule has 0 bridgehead atoms. The summed E-state index contributed by atoms with van der Waals surface area (Å²) in [7, 11) is 0. The molecular formula is C15H14ClN5OS. The number of halogens is 1. The zero-order chi connectivity index (χ0) is 16.2. The first-order valence-electron chi connectivity index (χ1n) is 6.87. The summed E-state index contributed by atoms with van der Waals surface area (Å²) in [5, 5.41) is 12.3. The van der Waals surface area contributed by atoms with E-state index in [0.29, 0.717) is 15.9 Å². The average molecular weight is 348 g/mol. The third-order valence-electron chi connectivity index (χ3n) is 3.05. The summed E-state index contributed by atoms with van der Waals surface area (Å²) < 4.78 is 3.72. The van der Waals surface area contributed by atoms with Crippen LogP contribution in [-0.4, -0.2) is 31.2 Å². The minimum Gasteiger partial charge on any atom is -0.325 e.